The van der Waals surface area contributed by atoms with E-state index in [1.165, 1.54) is 18.2 Å². The SMILES string of the molecule is CCOC(O)c1cccc(O)c1F. The number of ether oxygens (including phenoxy) is 1. The van der Waals surface area contributed by atoms with Gasteiger partial charge in [0.15, 0.2) is 17.9 Å². The van der Waals surface area contributed by atoms with E-state index in [4.69, 9.17) is 9.84 Å². The molecule has 0 aliphatic heterocycles. The molecule has 4 heteroatoms. The first-order valence-corrected chi connectivity index (χ1v) is 3.93. The first-order chi connectivity index (χ1) is 6.16. The Labute approximate surface area is 75.4 Å². The molecule has 0 saturated carbocycles. The van der Waals surface area contributed by atoms with E-state index in [1.807, 2.05) is 0 Å². The van der Waals surface area contributed by atoms with Gasteiger partial charge < -0.3 is 14.9 Å². The third-order valence-corrected chi connectivity index (χ3v) is 1.60. The highest BCUT2D eigenvalue weighted by Crippen LogP contribution is 2.24. The van der Waals surface area contributed by atoms with E-state index in [2.05, 4.69) is 0 Å². The molecular weight excluding hydrogens is 175 g/mol. The number of aromatic hydroxyl groups is 1. The maximum Gasteiger partial charge on any atom is 0.184 e. The van der Waals surface area contributed by atoms with Gasteiger partial charge in [-0.05, 0) is 13.0 Å². The normalized spacial score (nSPS) is 12.8. The van der Waals surface area contributed by atoms with Crippen LogP contribution < -0.4 is 0 Å². The number of halogens is 1. The zero-order valence-electron chi connectivity index (χ0n) is 7.20. The van der Waals surface area contributed by atoms with Gasteiger partial charge >= 0.3 is 0 Å². The lowest BCUT2D eigenvalue weighted by Gasteiger charge is -2.11. The zero-order valence-corrected chi connectivity index (χ0v) is 7.20. The minimum atomic E-state index is -1.32. The van der Waals surface area contributed by atoms with E-state index < -0.39 is 17.9 Å². The summed E-state index contributed by atoms with van der Waals surface area (Å²) >= 11 is 0. The van der Waals surface area contributed by atoms with Crippen molar-refractivity contribution < 1.29 is 19.3 Å². The van der Waals surface area contributed by atoms with Gasteiger partial charge in [-0.2, -0.15) is 0 Å². The summed E-state index contributed by atoms with van der Waals surface area (Å²) < 4.78 is 17.9. The number of aliphatic hydroxyl groups excluding tert-OH is 1. The number of hydrogen-bond donors (Lipinski definition) is 2. The van der Waals surface area contributed by atoms with Crippen LogP contribution in [0.15, 0.2) is 18.2 Å². The van der Waals surface area contributed by atoms with Crippen molar-refractivity contribution in [2.75, 3.05) is 6.61 Å². The summed E-state index contributed by atoms with van der Waals surface area (Å²) in [4.78, 5) is 0. The molecule has 1 aromatic rings. The standard InChI is InChI=1S/C9H11FO3/c1-2-13-9(12)6-4-3-5-7(11)8(6)10/h3-5,9,11-12H,2H2,1H3. The van der Waals surface area contributed by atoms with Gasteiger partial charge in [-0.15, -0.1) is 0 Å². The highest BCUT2D eigenvalue weighted by Gasteiger charge is 2.14. The van der Waals surface area contributed by atoms with Crippen molar-refractivity contribution in [2.24, 2.45) is 0 Å². The predicted octanol–water partition coefficient (Wildman–Crippen LogP) is 1.56. The molecule has 0 bridgehead atoms. The van der Waals surface area contributed by atoms with Gasteiger partial charge in [0, 0.05) is 12.2 Å². The molecule has 3 nitrogen and oxygen atoms in total. The van der Waals surface area contributed by atoms with Crippen molar-refractivity contribution in [3.8, 4) is 5.75 Å². The summed E-state index contributed by atoms with van der Waals surface area (Å²) in [6.45, 7) is 1.96. The first kappa shape index (κ1) is 9.95. The Kier molecular flexibility index (Phi) is 3.22. The van der Waals surface area contributed by atoms with Gasteiger partial charge in [0.05, 0.1) is 0 Å². The highest BCUT2D eigenvalue weighted by molar-refractivity contribution is 5.30. The summed E-state index contributed by atoms with van der Waals surface area (Å²) in [5.41, 5.74) is -0.0538. The van der Waals surface area contributed by atoms with Crippen LogP contribution in [0.5, 0.6) is 5.75 Å². The summed E-state index contributed by atoms with van der Waals surface area (Å²) in [6.07, 6.45) is -1.32. The van der Waals surface area contributed by atoms with E-state index in [9.17, 15) is 9.50 Å². The third kappa shape index (κ3) is 2.17. The molecule has 0 aliphatic carbocycles. The molecule has 0 saturated heterocycles. The van der Waals surface area contributed by atoms with Crippen molar-refractivity contribution in [2.45, 2.75) is 13.2 Å². The Balaban J connectivity index is 2.93. The molecule has 0 aliphatic rings. The van der Waals surface area contributed by atoms with Crippen LogP contribution in [0.25, 0.3) is 0 Å². The number of benzene rings is 1. The molecule has 0 aromatic heterocycles. The Morgan fingerprint density at radius 3 is 2.85 bits per heavy atom. The topological polar surface area (TPSA) is 49.7 Å². The summed E-state index contributed by atoms with van der Waals surface area (Å²) in [6, 6.07) is 4.00. The van der Waals surface area contributed by atoms with Crippen molar-refractivity contribution in [3.63, 3.8) is 0 Å². The van der Waals surface area contributed by atoms with Crippen LogP contribution >= 0.6 is 0 Å². The molecule has 0 spiro atoms. The van der Waals surface area contributed by atoms with Crippen LogP contribution in [0.3, 0.4) is 0 Å². The second-order valence-electron chi connectivity index (χ2n) is 2.49. The van der Waals surface area contributed by atoms with Gasteiger partial charge in [-0.1, -0.05) is 12.1 Å². The lowest BCUT2D eigenvalue weighted by atomic mass is 10.2. The lowest BCUT2D eigenvalue weighted by Crippen LogP contribution is -2.05. The fourth-order valence-corrected chi connectivity index (χ4v) is 0.976. The molecule has 0 amide bonds. The molecule has 0 heterocycles. The number of phenols is 1. The van der Waals surface area contributed by atoms with Gasteiger partial charge in [0.1, 0.15) is 0 Å². The van der Waals surface area contributed by atoms with Crippen LogP contribution in [0.2, 0.25) is 0 Å². The molecule has 1 rings (SSSR count). The summed E-state index contributed by atoms with van der Waals surface area (Å²) in [5, 5.41) is 18.2. The minimum absolute atomic E-state index is 0.0538. The van der Waals surface area contributed by atoms with E-state index in [-0.39, 0.29) is 12.2 Å². The Bertz CT molecular complexity index is 288. The smallest absolute Gasteiger partial charge is 0.184 e. The van der Waals surface area contributed by atoms with Gasteiger partial charge in [0.25, 0.3) is 0 Å². The molecule has 0 radical (unpaired) electrons. The maximum atomic E-state index is 13.1. The average Bonchev–Trinajstić information content (AvgIpc) is 2.10. The van der Waals surface area contributed by atoms with Crippen LogP contribution in [-0.2, 0) is 4.74 Å². The molecule has 72 valence electrons. The second-order valence-corrected chi connectivity index (χ2v) is 2.49. The quantitative estimate of drug-likeness (QED) is 0.704. The monoisotopic (exact) mass is 186 g/mol. The van der Waals surface area contributed by atoms with Crippen molar-refractivity contribution in [1.82, 2.24) is 0 Å². The van der Waals surface area contributed by atoms with Crippen molar-refractivity contribution in [1.29, 1.82) is 0 Å². The van der Waals surface area contributed by atoms with Crippen LogP contribution in [0, 0.1) is 5.82 Å². The average molecular weight is 186 g/mol. The largest absolute Gasteiger partial charge is 0.505 e. The number of aliphatic hydroxyl groups is 1. The number of rotatable bonds is 3. The molecule has 1 aromatic carbocycles. The Morgan fingerprint density at radius 2 is 2.23 bits per heavy atom. The Hall–Kier alpha value is -1.13. The van der Waals surface area contributed by atoms with E-state index >= 15 is 0 Å². The fourth-order valence-electron chi connectivity index (χ4n) is 0.976. The van der Waals surface area contributed by atoms with Crippen LogP contribution in [-0.4, -0.2) is 16.8 Å². The first-order valence-electron chi connectivity index (χ1n) is 3.93. The van der Waals surface area contributed by atoms with Crippen LogP contribution in [0.1, 0.15) is 18.8 Å². The Morgan fingerprint density at radius 1 is 1.54 bits per heavy atom. The molecule has 1 atom stereocenters. The van der Waals surface area contributed by atoms with E-state index in [0.29, 0.717) is 0 Å². The molecule has 1 unspecified atom stereocenters. The van der Waals surface area contributed by atoms with E-state index in [0.717, 1.165) is 0 Å². The summed E-state index contributed by atoms with van der Waals surface area (Å²) in [7, 11) is 0. The number of hydrogen-bond acceptors (Lipinski definition) is 3. The predicted molar refractivity (Wildman–Crippen MR) is 44.7 cm³/mol. The summed E-state index contributed by atoms with van der Waals surface area (Å²) in [5.74, 6) is -1.33. The third-order valence-electron chi connectivity index (χ3n) is 1.60. The molecular formula is C9H11FO3. The van der Waals surface area contributed by atoms with E-state index in [1.54, 1.807) is 6.92 Å². The molecule has 0 fully saturated rings. The second kappa shape index (κ2) is 4.20. The minimum Gasteiger partial charge on any atom is -0.505 e. The lowest BCUT2D eigenvalue weighted by molar-refractivity contribution is -0.1000. The van der Waals surface area contributed by atoms with Crippen molar-refractivity contribution >= 4 is 0 Å². The molecule has 13 heavy (non-hydrogen) atoms. The van der Waals surface area contributed by atoms with Gasteiger partial charge in [-0.25, -0.2) is 4.39 Å². The fraction of sp³-hybridized carbons (Fsp3) is 0.333. The highest BCUT2D eigenvalue weighted by atomic mass is 19.1. The molecule has 2 N–H and O–H groups in total. The number of phenolic OH excluding ortho intramolecular Hbond substituents is 1. The van der Waals surface area contributed by atoms with Crippen LogP contribution in [0.4, 0.5) is 4.39 Å². The van der Waals surface area contributed by atoms with Gasteiger partial charge in [-0.3, -0.25) is 0 Å². The van der Waals surface area contributed by atoms with Gasteiger partial charge in [0.2, 0.25) is 0 Å². The zero-order chi connectivity index (χ0) is 9.84. The maximum absolute atomic E-state index is 13.1. The van der Waals surface area contributed by atoms with Crippen molar-refractivity contribution in [3.05, 3.63) is 29.6 Å².